The monoisotopic (exact) mass is 240 g/mol. The van der Waals surface area contributed by atoms with Gasteiger partial charge in [0.05, 0.1) is 9.21 Å². The van der Waals surface area contributed by atoms with Crippen LogP contribution in [-0.4, -0.2) is 15.6 Å². The molecule has 0 aliphatic carbocycles. The maximum atomic E-state index is 11.8. The summed E-state index contributed by atoms with van der Waals surface area (Å²) in [5.41, 5.74) is 0.978. The minimum atomic E-state index is 0.0405. The Labute approximate surface area is 96.3 Å². The number of aromatic nitrogens is 2. The third kappa shape index (κ3) is 2.27. The van der Waals surface area contributed by atoms with E-state index < -0.39 is 0 Å². The number of carbonyl (C=O) groups excluding carboxylic acids is 1. The van der Waals surface area contributed by atoms with Crippen molar-refractivity contribution in [1.29, 1.82) is 0 Å². The van der Waals surface area contributed by atoms with Crippen LogP contribution in [0.15, 0.2) is 24.4 Å². The van der Waals surface area contributed by atoms with Crippen LogP contribution in [0.2, 0.25) is 4.34 Å². The Hall–Kier alpha value is -1.13. The summed E-state index contributed by atoms with van der Waals surface area (Å²) < 4.78 is 2.31. The molecular weight excluding hydrogens is 232 g/mol. The molecule has 2 rings (SSSR count). The fourth-order valence-corrected chi connectivity index (χ4v) is 2.22. The van der Waals surface area contributed by atoms with Crippen LogP contribution in [0.25, 0.3) is 0 Å². The summed E-state index contributed by atoms with van der Waals surface area (Å²) in [6.07, 6.45) is 1.68. The fourth-order valence-electron chi connectivity index (χ4n) is 1.24. The van der Waals surface area contributed by atoms with E-state index in [4.69, 9.17) is 11.6 Å². The molecule has 0 N–H and O–H groups in total. The molecule has 2 aromatic heterocycles. The lowest BCUT2D eigenvalue weighted by molar-refractivity contribution is 0.0971. The number of thiophene rings is 1. The van der Waals surface area contributed by atoms with E-state index in [2.05, 4.69) is 5.10 Å². The Bertz CT molecular complexity index is 489. The quantitative estimate of drug-likeness (QED) is 0.774. The number of carbonyl (C=O) groups is 1. The van der Waals surface area contributed by atoms with Crippen LogP contribution in [-0.2, 0) is 6.54 Å². The van der Waals surface area contributed by atoms with Gasteiger partial charge >= 0.3 is 0 Å². The number of Topliss-reactive ketones (excluding diaryl/α,β-unsaturated/α-hetero) is 1. The van der Waals surface area contributed by atoms with Crippen molar-refractivity contribution < 1.29 is 4.79 Å². The lowest BCUT2D eigenvalue weighted by Gasteiger charge is -2.01. The van der Waals surface area contributed by atoms with Crippen molar-refractivity contribution in [1.82, 2.24) is 9.78 Å². The maximum absolute atomic E-state index is 11.8. The Morgan fingerprint density at radius 2 is 2.33 bits per heavy atom. The van der Waals surface area contributed by atoms with Crippen molar-refractivity contribution in [3.63, 3.8) is 0 Å². The van der Waals surface area contributed by atoms with E-state index in [1.165, 1.54) is 11.3 Å². The van der Waals surface area contributed by atoms with Gasteiger partial charge in [0.15, 0.2) is 5.78 Å². The highest BCUT2D eigenvalue weighted by Gasteiger charge is 2.10. The molecule has 0 atom stereocenters. The van der Waals surface area contributed by atoms with Crippen LogP contribution < -0.4 is 0 Å². The minimum Gasteiger partial charge on any atom is -0.291 e. The van der Waals surface area contributed by atoms with Gasteiger partial charge in [0.1, 0.15) is 6.54 Å². The standard InChI is InChI=1S/C10H9ClN2OS/c1-7-4-5-12-13(7)6-8(14)9-2-3-10(11)15-9/h2-5H,6H2,1H3. The molecule has 0 fully saturated rings. The number of nitrogens with zero attached hydrogens (tertiary/aromatic N) is 2. The topological polar surface area (TPSA) is 34.9 Å². The third-order valence-corrected chi connectivity index (χ3v) is 3.34. The SMILES string of the molecule is Cc1ccnn1CC(=O)c1ccc(Cl)s1. The fraction of sp³-hybridized carbons (Fsp3) is 0.200. The van der Waals surface area contributed by atoms with Crippen LogP contribution in [0.4, 0.5) is 0 Å². The molecule has 0 saturated carbocycles. The van der Waals surface area contributed by atoms with E-state index in [0.717, 1.165) is 5.69 Å². The van der Waals surface area contributed by atoms with Gasteiger partial charge in [-0.25, -0.2) is 0 Å². The van der Waals surface area contributed by atoms with Crippen molar-refractivity contribution >= 4 is 28.7 Å². The van der Waals surface area contributed by atoms with Gasteiger partial charge in [-0.05, 0) is 25.1 Å². The highest BCUT2D eigenvalue weighted by atomic mass is 35.5. The normalized spacial score (nSPS) is 10.5. The van der Waals surface area contributed by atoms with Gasteiger partial charge in [-0.1, -0.05) is 11.6 Å². The molecule has 78 valence electrons. The lowest BCUT2D eigenvalue weighted by atomic mass is 10.3. The summed E-state index contributed by atoms with van der Waals surface area (Å²) in [6.45, 7) is 2.19. The summed E-state index contributed by atoms with van der Waals surface area (Å²) in [6, 6.07) is 5.35. The first-order valence-corrected chi connectivity index (χ1v) is 5.63. The minimum absolute atomic E-state index is 0.0405. The Morgan fingerprint density at radius 3 is 2.87 bits per heavy atom. The second-order valence-electron chi connectivity index (χ2n) is 3.16. The molecule has 15 heavy (non-hydrogen) atoms. The number of hydrogen-bond acceptors (Lipinski definition) is 3. The highest BCUT2D eigenvalue weighted by Crippen LogP contribution is 2.22. The smallest absolute Gasteiger partial charge is 0.194 e. The van der Waals surface area contributed by atoms with Crippen molar-refractivity contribution in [2.24, 2.45) is 0 Å². The van der Waals surface area contributed by atoms with E-state index in [1.54, 1.807) is 23.0 Å². The summed E-state index contributed by atoms with van der Waals surface area (Å²) in [4.78, 5) is 12.4. The third-order valence-electron chi connectivity index (χ3n) is 2.07. The molecule has 0 spiro atoms. The largest absolute Gasteiger partial charge is 0.291 e. The number of hydrogen-bond donors (Lipinski definition) is 0. The van der Waals surface area contributed by atoms with E-state index in [9.17, 15) is 4.79 Å². The highest BCUT2D eigenvalue weighted by molar-refractivity contribution is 7.18. The first-order valence-electron chi connectivity index (χ1n) is 4.44. The summed E-state index contributed by atoms with van der Waals surface area (Å²) in [7, 11) is 0. The summed E-state index contributed by atoms with van der Waals surface area (Å²) in [5.74, 6) is 0.0405. The van der Waals surface area contributed by atoms with Crippen molar-refractivity contribution in [2.45, 2.75) is 13.5 Å². The molecule has 0 radical (unpaired) electrons. The van der Waals surface area contributed by atoms with Crippen molar-refractivity contribution in [2.75, 3.05) is 0 Å². The molecule has 0 aliphatic rings. The van der Waals surface area contributed by atoms with Crippen LogP contribution >= 0.6 is 22.9 Å². The maximum Gasteiger partial charge on any atom is 0.194 e. The van der Waals surface area contributed by atoms with Gasteiger partial charge in [0, 0.05) is 11.9 Å². The lowest BCUT2D eigenvalue weighted by Crippen LogP contribution is -2.11. The molecular formula is C10H9ClN2OS. The molecule has 0 bridgehead atoms. The molecule has 0 amide bonds. The zero-order chi connectivity index (χ0) is 10.8. The van der Waals surface area contributed by atoms with Crippen LogP contribution in [0, 0.1) is 6.92 Å². The molecule has 0 aliphatic heterocycles. The molecule has 3 nitrogen and oxygen atoms in total. The van der Waals surface area contributed by atoms with Gasteiger partial charge in [0.2, 0.25) is 0 Å². The molecule has 5 heteroatoms. The van der Waals surface area contributed by atoms with Gasteiger partial charge < -0.3 is 0 Å². The van der Waals surface area contributed by atoms with Crippen LogP contribution in [0.3, 0.4) is 0 Å². The van der Waals surface area contributed by atoms with Gasteiger partial charge in [-0.2, -0.15) is 5.10 Å². The zero-order valence-corrected chi connectivity index (χ0v) is 9.68. The number of ketones is 1. The number of aryl methyl sites for hydroxylation is 1. The van der Waals surface area contributed by atoms with Gasteiger partial charge in [0.25, 0.3) is 0 Å². The Balaban J connectivity index is 2.14. The zero-order valence-electron chi connectivity index (χ0n) is 8.11. The second kappa shape index (κ2) is 4.16. The Kier molecular flexibility index (Phi) is 2.88. The van der Waals surface area contributed by atoms with Gasteiger partial charge in [-0.15, -0.1) is 11.3 Å². The van der Waals surface area contributed by atoms with E-state index in [1.807, 2.05) is 13.0 Å². The molecule has 0 saturated heterocycles. The molecule has 0 unspecified atom stereocenters. The summed E-state index contributed by atoms with van der Waals surface area (Å²) in [5, 5.41) is 4.06. The number of halogens is 1. The van der Waals surface area contributed by atoms with E-state index in [0.29, 0.717) is 9.21 Å². The van der Waals surface area contributed by atoms with Crippen molar-refractivity contribution in [3.8, 4) is 0 Å². The van der Waals surface area contributed by atoms with Gasteiger partial charge in [-0.3, -0.25) is 9.48 Å². The predicted molar refractivity (Wildman–Crippen MR) is 60.6 cm³/mol. The average Bonchev–Trinajstić information content (AvgIpc) is 2.77. The average molecular weight is 241 g/mol. The molecule has 2 heterocycles. The van der Waals surface area contributed by atoms with Crippen molar-refractivity contribution in [3.05, 3.63) is 39.3 Å². The Morgan fingerprint density at radius 1 is 1.53 bits per heavy atom. The van der Waals surface area contributed by atoms with E-state index >= 15 is 0 Å². The van der Waals surface area contributed by atoms with Crippen LogP contribution in [0.5, 0.6) is 0 Å². The molecule has 2 aromatic rings. The summed E-state index contributed by atoms with van der Waals surface area (Å²) >= 11 is 7.06. The molecule has 0 aromatic carbocycles. The number of rotatable bonds is 3. The van der Waals surface area contributed by atoms with Crippen LogP contribution in [0.1, 0.15) is 15.4 Å². The van der Waals surface area contributed by atoms with E-state index in [-0.39, 0.29) is 12.3 Å². The first-order chi connectivity index (χ1) is 7.16. The first kappa shape index (κ1) is 10.4. The predicted octanol–water partition coefficient (Wildman–Crippen LogP) is 2.79. The second-order valence-corrected chi connectivity index (χ2v) is 4.87.